The number of nitrogens with zero attached hydrogens (tertiary/aromatic N) is 1. The maximum absolute atomic E-state index is 13.4. The normalized spacial score (nSPS) is 27.1. The van der Waals surface area contributed by atoms with Gasteiger partial charge in [0.25, 0.3) is 0 Å². The molecular weight excluding hydrogens is 497 g/mol. The Kier molecular flexibility index (Phi) is 12.0. The number of ketones is 1. The number of benzene rings is 1. The van der Waals surface area contributed by atoms with Crippen molar-refractivity contribution in [3.8, 4) is 0 Å². The first-order chi connectivity index (χ1) is 17.8. The first-order valence-electron chi connectivity index (χ1n) is 14.4. The van der Waals surface area contributed by atoms with Gasteiger partial charge in [-0.25, -0.2) is 0 Å². The molecule has 1 aliphatic rings. The standard InChI is InChI=1S/C31H52NO5P/c1-11-14-20-35-28(34)27(22-29(6,7)23(4)25-18-16-15-17-19-25)38(10)37-36-32-30(8,12-2)21-26(33)24(5)31(32,9)13-3/h15-19,23-24,27H,11-14,20-22H2,1-10H3. The zero-order chi connectivity index (χ0) is 28.7. The Morgan fingerprint density at radius 3 is 2.34 bits per heavy atom. The summed E-state index contributed by atoms with van der Waals surface area (Å²) in [6.07, 6.45) is 4.32. The zero-order valence-electron chi connectivity index (χ0n) is 25.5. The van der Waals surface area contributed by atoms with E-state index in [4.69, 9.17) is 14.4 Å². The summed E-state index contributed by atoms with van der Waals surface area (Å²) in [5.41, 5.74) is -0.361. The summed E-state index contributed by atoms with van der Waals surface area (Å²) in [7, 11) is -1.33. The minimum Gasteiger partial charge on any atom is -0.465 e. The van der Waals surface area contributed by atoms with E-state index < -0.39 is 24.9 Å². The van der Waals surface area contributed by atoms with E-state index >= 15 is 0 Å². The number of piperidine rings is 1. The molecule has 1 aromatic carbocycles. The summed E-state index contributed by atoms with van der Waals surface area (Å²) in [6.45, 7) is 21.4. The van der Waals surface area contributed by atoms with Gasteiger partial charge < -0.3 is 4.74 Å². The number of ether oxygens (including phenoxy) is 1. The molecule has 6 nitrogen and oxygen atoms in total. The Hall–Kier alpha value is -1.33. The molecule has 1 aromatic rings. The van der Waals surface area contributed by atoms with E-state index in [1.165, 1.54) is 5.56 Å². The highest BCUT2D eigenvalue weighted by Crippen LogP contribution is 2.51. The Labute approximate surface area is 232 Å². The quantitative estimate of drug-likeness (QED) is 0.0769. The maximum atomic E-state index is 13.4. The zero-order valence-corrected chi connectivity index (χ0v) is 26.4. The molecule has 38 heavy (non-hydrogen) atoms. The van der Waals surface area contributed by atoms with E-state index in [0.717, 1.165) is 25.7 Å². The number of hydrogen-bond donors (Lipinski definition) is 0. The summed E-state index contributed by atoms with van der Waals surface area (Å²) < 4.78 is 11.9. The molecule has 1 heterocycles. The summed E-state index contributed by atoms with van der Waals surface area (Å²) >= 11 is 0. The molecule has 0 bridgehead atoms. The number of carbonyl (C=O) groups is 2. The van der Waals surface area contributed by atoms with Crippen molar-refractivity contribution in [2.45, 2.75) is 123 Å². The molecule has 0 N–H and O–H groups in total. The van der Waals surface area contributed by atoms with E-state index in [-0.39, 0.29) is 29.0 Å². The van der Waals surface area contributed by atoms with E-state index in [9.17, 15) is 9.59 Å². The van der Waals surface area contributed by atoms with Crippen molar-refractivity contribution >= 4 is 19.9 Å². The molecule has 0 aliphatic carbocycles. The lowest BCUT2D eigenvalue weighted by Crippen LogP contribution is -2.66. The number of hydrogen-bond acceptors (Lipinski definition) is 6. The second-order valence-electron chi connectivity index (χ2n) is 12.3. The number of rotatable bonds is 14. The summed E-state index contributed by atoms with van der Waals surface area (Å²) in [5.74, 6) is 0.0907. The van der Waals surface area contributed by atoms with Crippen LogP contribution in [-0.2, 0) is 24.0 Å². The fourth-order valence-electron chi connectivity index (χ4n) is 5.41. The Morgan fingerprint density at radius 2 is 1.79 bits per heavy atom. The van der Waals surface area contributed by atoms with Gasteiger partial charge in [0.2, 0.25) is 0 Å². The van der Waals surface area contributed by atoms with Crippen LogP contribution in [0.15, 0.2) is 30.3 Å². The second-order valence-corrected chi connectivity index (χ2v) is 14.1. The molecule has 7 heteroatoms. The van der Waals surface area contributed by atoms with E-state index in [1.807, 2.05) is 24.7 Å². The molecule has 0 saturated carbocycles. The predicted molar refractivity (Wildman–Crippen MR) is 156 cm³/mol. The van der Waals surface area contributed by atoms with Gasteiger partial charge in [0, 0.05) is 12.3 Å². The first-order valence-corrected chi connectivity index (χ1v) is 16.2. The lowest BCUT2D eigenvalue weighted by atomic mass is 9.70. The number of esters is 1. The van der Waals surface area contributed by atoms with Gasteiger partial charge in [-0.15, -0.1) is 10.1 Å². The largest absolute Gasteiger partial charge is 0.465 e. The van der Waals surface area contributed by atoms with Gasteiger partial charge >= 0.3 is 5.97 Å². The van der Waals surface area contributed by atoms with Gasteiger partial charge in [0.15, 0.2) is 0 Å². The van der Waals surface area contributed by atoms with E-state index in [0.29, 0.717) is 19.4 Å². The van der Waals surface area contributed by atoms with Gasteiger partial charge in [-0.1, -0.05) is 85.2 Å². The van der Waals surface area contributed by atoms with Crippen LogP contribution in [0, 0.1) is 11.3 Å². The Bertz CT molecular complexity index is 909. The van der Waals surface area contributed by atoms with Crippen molar-refractivity contribution in [1.82, 2.24) is 5.06 Å². The Morgan fingerprint density at radius 1 is 1.16 bits per heavy atom. The van der Waals surface area contributed by atoms with Crippen LogP contribution in [0.25, 0.3) is 0 Å². The SMILES string of the molecule is CCCCOC(=O)C(CC(C)(C)C(C)c1ccccc1)P(C)OON1C(C)(CC)CC(=O)C(C)C1(C)CC. The average molecular weight is 550 g/mol. The molecular formula is C31H52NO5P. The molecule has 1 aliphatic heterocycles. The fourth-order valence-corrected chi connectivity index (χ4v) is 6.79. The number of Topliss-reactive ketones (excluding diaryl/α,β-unsaturated/α-hetero) is 1. The number of unbranched alkanes of at least 4 members (excludes halogenated alkanes) is 1. The summed E-state index contributed by atoms with van der Waals surface area (Å²) in [6, 6.07) is 10.4. The minimum absolute atomic E-state index is 0.181. The number of carbonyl (C=O) groups excluding carboxylic acids is 2. The third-order valence-electron chi connectivity index (χ3n) is 9.27. The average Bonchev–Trinajstić information content (AvgIpc) is 2.90. The van der Waals surface area contributed by atoms with Crippen molar-refractivity contribution < 1.29 is 24.0 Å². The molecule has 0 spiro atoms. The molecule has 0 amide bonds. The third-order valence-corrected chi connectivity index (χ3v) is 10.8. The molecule has 1 saturated heterocycles. The summed E-state index contributed by atoms with van der Waals surface area (Å²) in [5, 5.41) is 1.92. The van der Waals surface area contributed by atoms with Crippen LogP contribution in [0.1, 0.15) is 112 Å². The topological polar surface area (TPSA) is 65.1 Å². The molecule has 6 unspecified atom stereocenters. The lowest BCUT2D eigenvalue weighted by molar-refractivity contribution is -0.433. The van der Waals surface area contributed by atoms with Crippen LogP contribution >= 0.6 is 8.15 Å². The fraction of sp³-hybridized carbons (Fsp3) is 0.742. The van der Waals surface area contributed by atoms with E-state index in [2.05, 4.69) is 79.7 Å². The highest BCUT2D eigenvalue weighted by atomic mass is 31.1. The van der Waals surface area contributed by atoms with Gasteiger partial charge in [-0.05, 0) is 63.1 Å². The predicted octanol–water partition coefficient (Wildman–Crippen LogP) is 8.06. The summed E-state index contributed by atoms with van der Waals surface area (Å²) in [4.78, 5) is 32.5. The molecule has 0 radical (unpaired) electrons. The molecule has 216 valence electrons. The van der Waals surface area contributed by atoms with Gasteiger partial charge in [0.05, 0.1) is 25.8 Å². The maximum Gasteiger partial charge on any atom is 0.315 e. The monoisotopic (exact) mass is 549 g/mol. The van der Waals surface area contributed by atoms with Crippen LogP contribution in [0.5, 0.6) is 0 Å². The first kappa shape index (κ1) is 32.9. The molecule has 1 fully saturated rings. The van der Waals surface area contributed by atoms with Crippen molar-refractivity contribution in [3.05, 3.63) is 35.9 Å². The second kappa shape index (κ2) is 13.8. The minimum atomic E-state index is -1.33. The van der Waals surface area contributed by atoms with Crippen molar-refractivity contribution in [2.75, 3.05) is 13.3 Å². The van der Waals surface area contributed by atoms with Crippen molar-refractivity contribution in [2.24, 2.45) is 11.3 Å². The Balaban J connectivity index is 2.29. The van der Waals surface area contributed by atoms with Crippen LogP contribution in [0.3, 0.4) is 0 Å². The molecule has 6 atom stereocenters. The molecule has 0 aromatic heterocycles. The van der Waals surface area contributed by atoms with Crippen molar-refractivity contribution in [3.63, 3.8) is 0 Å². The highest BCUT2D eigenvalue weighted by Gasteiger charge is 2.54. The van der Waals surface area contributed by atoms with Crippen LogP contribution in [0.2, 0.25) is 0 Å². The number of hydroxylamine groups is 2. The van der Waals surface area contributed by atoms with Crippen LogP contribution < -0.4 is 0 Å². The van der Waals surface area contributed by atoms with Crippen LogP contribution in [0.4, 0.5) is 0 Å². The van der Waals surface area contributed by atoms with Gasteiger partial charge in [0.1, 0.15) is 11.4 Å². The molecule has 2 rings (SSSR count). The van der Waals surface area contributed by atoms with Gasteiger partial charge in [-0.3, -0.25) is 9.59 Å². The third kappa shape index (κ3) is 7.44. The van der Waals surface area contributed by atoms with Crippen LogP contribution in [-0.4, -0.2) is 46.8 Å². The van der Waals surface area contributed by atoms with E-state index in [1.54, 1.807) is 0 Å². The highest BCUT2D eigenvalue weighted by molar-refractivity contribution is 7.53. The smallest absolute Gasteiger partial charge is 0.315 e. The van der Waals surface area contributed by atoms with Gasteiger partial charge in [-0.2, -0.15) is 4.67 Å². The van der Waals surface area contributed by atoms with Crippen molar-refractivity contribution in [1.29, 1.82) is 0 Å². The lowest BCUT2D eigenvalue weighted by Gasteiger charge is -2.54.